The fraction of sp³-hybridized carbons (Fsp3) is 0.400. The van der Waals surface area contributed by atoms with Crippen molar-refractivity contribution in [2.45, 2.75) is 20.8 Å². The van der Waals surface area contributed by atoms with Gasteiger partial charge < -0.3 is 4.74 Å². The van der Waals surface area contributed by atoms with Gasteiger partial charge in [-0.1, -0.05) is 19.8 Å². The Labute approximate surface area is 83.3 Å². The predicted molar refractivity (Wildman–Crippen MR) is 52.3 cm³/mol. The Morgan fingerprint density at radius 3 is 2.71 bits per heavy atom. The third-order valence-corrected chi connectivity index (χ3v) is 1.08. The highest BCUT2D eigenvalue weighted by Gasteiger charge is 1.95. The molecule has 1 aromatic rings. The lowest BCUT2D eigenvalue weighted by Gasteiger charge is -1.98. The average Bonchev–Trinajstić information content (AvgIpc) is 2.21. The number of hydrogen-bond acceptors (Lipinski definition) is 3. The van der Waals surface area contributed by atoms with Crippen LogP contribution in [0.4, 0.5) is 4.39 Å². The number of ether oxygens (including phenoxy) is 1. The zero-order valence-corrected chi connectivity index (χ0v) is 8.54. The van der Waals surface area contributed by atoms with Crippen LogP contribution < -0.4 is 4.74 Å². The Hall–Kier alpha value is -1.63. The molecule has 14 heavy (non-hydrogen) atoms. The summed E-state index contributed by atoms with van der Waals surface area (Å²) in [7, 11) is 0. The zero-order valence-electron chi connectivity index (χ0n) is 8.54. The number of aromatic nitrogens is 2. The number of hydrogen-bond donors (Lipinski definition) is 0. The van der Waals surface area contributed by atoms with E-state index in [1.54, 1.807) is 6.92 Å². The molecule has 0 spiro atoms. The van der Waals surface area contributed by atoms with Gasteiger partial charge in [-0.2, -0.15) is 4.39 Å². The van der Waals surface area contributed by atoms with Crippen molar-refractivity contribution in [2.75, 3.05) is 6.61 Å². The molecule has 0 aromatic carbocycles. The first-order valence-electron chi connectivity index (χ1n) is 4.33. The fourth-order valence-electron chi connectivity index (χ4n) is 0.578. The highest BCUT2D eigenvalue weighted by molar-refractivity contribution is 5.08. The molecule has 1 rings (SSSR count). The first-order valence-corrected chi connectivity index (χ1v) is 4.33. The van der Waals surface area contributed by atoms with Crippen molar-refractivity contribution in [1.82, 2.24) is 9.97 Å². The minimum absolute atomic E-state index is 0.199. The minimum atomic E-state index is -0.607. The van der Waals surface area contributed by atoms with Crippen LogP contribution >= 0.6 is 0 Å². The summed E-state index contributed by atoms with van der Waals surface area (Å²) in [6.45, 7) is 5.91. The van der Waals surface area contributed by atoms with Gasteiger partial charge in [0, 0.05) is 0 Å². The van der Waals surface area contributed by atoms with Crippen LogP contribution in [-0.2, 0) is 0 Å². The SMILES string of the molecule is CC.CC#CCOc1cc(F)ncn1. The van der Waals surface area contributed by atoms with E-state index in [4.69, 9.17) is 4.74 Å². The van der Waals surface area contributed by atoms with Crippen molar-refractivity contribution < 1.29 is 9.13 Å². The molecule has 1 aromatic heterocycles. The summed E-state index contributed by atoms with van der Waals surface area (Å²) in [5.74, 6) is 4.89. The fourth-order valence-corrected chi connectivity index (χ4v) is 0.578. The van der Waals surface area contributed by atoms with Crippen molar-refractivity contribution in [2.24, 2.45) is 0 Å². The predicted octanol–water partition coefficient (Wildman–Crippen LogP) is 2.04. The van der Waals surface area contributed by atoms with Crippen molar-refractivity contribution >= 4 is 0 Å². The molecule has 4 heteroatoms. The summed E-state index contributed by atoms with van der Waals surface area (Å²) in [5.41, 5.74) is 0. The van der Waals surface area contributed by atoms with Crippen LogP contribution in [0.3, 0.4) is 0 Å². The molecule has 0 N–H and O–H groups in total. The van der Waals surface area contributed by atoms with Crippen LogP contribution in [0.15, 0.2) is 12.4 Å². The van der Waals surface area contributed by atoms with Crippen molar-refractivity contribution in [3.05, 3.63) is 18.3 Å². The highest BCUT2D eigenvalue weighted by Crippen LogP contribution is 2.04. The van der Waals surface area contributed by atoms with Crippen LogP contribution in [0.1, 0.15) is 20.8 Å². The Balaban J connectivity index is 0.000000791. The molecule has 0 aliphatic rings. The standard InChI is InChI=1S/C8H7FN2O.C2H6/c1-2-3-4-12-8-5-7(9)10-6-11-8;1-2/h5-6H,4H2,1H3;1-2H3. The Morgan fingerprint density at radius 1 is 1.43 bits per heavy atom. The second kappa shape index (κ2) is 7.99. The van der Waals surface area contributed by atoms with Gasteiger partial charge in [0.15, 0.2) is 6.61 Å². The first kappa shape index (κ1) is 12.4. The summed E-state index contributed by atoms with van der Waals surface area (Å²) >= 11 is 0. The van der Waals surface area contributed by atoms with Crippen LogP contribution in [0.25, 0.3) is 0 Å². The highest BCUT2D eigenvalue weighted by atomic mass is 19.1. The average molecular weight is 196 g/mol. The van der Waals surface area contributed by atoms with E-state index in [0.717, 1.165) is 12.4 Å². The van der Waals surface area contributed by atoms with Gasteiger partial charge in [0.25, 0.3) is 0 Å². The van der Waals surface area contributed by atoms with Crippen LogP contribution in [0.5, 0.6) is 5.88 Å². The van der Waals surface area contributed by atoms with Gasteiger partial charge in [-0.25, -0.2) is 9.97 Å². The van der Waals surface area contributed by atoms with E-state index in [2.05, 4.69) is 21.8 Å². The van der Waals surface area contributed by atoms with E-state index in [1.807, 2.05) is 13.8 Å². The van der Waals surface area contributed by atoms with Gasteiger partial charge in [0.05, 0.1) is 6.07 Å². The molecule has 0 saturated heterocycles. The Bertz CT molecular complexity index is 317. The third kappa shape index (κ3) is 5.09. The van der Waals surface area contributed by atoms with Gasteiger partial charge in [0.2, 0.25) is 11.8 Å². The lowest BCUT2D eigenvalue weighted by atomic mass is 10.6. The van der Waals surface area contributed by atoms with Crippen molar-refractivity contribution in [1.29, 1.82) is 0 Å². The molecule has 0 fully saturated rings. The van der Waals surface area contributed by atoms with Crippen LogP contribution in [0.2, 0.25) is 0 Å². The van der Waals surface area contributed by atoms with Gasteiger partial charge in [0.1, 0.15) is 6.33 Å². The Morgan fingerprint density at radius 2 is 2.14 bits per heavy atom. The minimum Gasteiger partial charge on any atom is -0.464 e. The molecule has 0 unspecified atom stereocenters. The lowest BCUT2D eigenvalue weighted by Crippen LogP contribution is -1.97. The normalized spacial score (nSPS) is 7.71. The number of nitrogens with zero attached hydrogens (tertiary/aromatic N) is 2. The maximum absolute atomic E-state index is 12.4. The van der Waals surface area contributed by atoms with E-state index >= 15 is 0 Å². The van der Waals surface area contributed by atoms with Crippen LogP contribution in [-0.4, -0.2) is 16.6 Å². The summed E-state index contributed by atoms with van der Waals surface area (Å²) in [4.78, 5) is 6.94. The molecular weight excluding hydrogens is 183 g/mol. The van der Waals surface area contributed by atoms with Gasteiger partial charge in [-0.3, -0.25) is 0 Å². The molecule has 0 atom stereocenters. The molecule has 1 heterocycles. The zero-order chi connectivity index (χ0) is 10.8. The second-order valence-corrected chi connectivity index (χ2v) is 1.89. The van der Waals surface area contributed by atoms with Gasteiger partial charge in [-0.15, -0.1) is 5.92 Å². The second-order valence-electron chi connectivity index (χ2n) is 1.89. The molecule has 0 aliphatic heterocycles. The summed E-state index contributed by atoms with van der Waals surface area (Å²) in [6.07, 6.45) is 1.10. The molecule has 0 saturated carbocycles. The number of halogens is 1. The maximum atomic E-state index is 12.4. The molecule has 0 aliphatic carbocycles. The van der Waals surface area contributed by atoms with Crippen molar-refractivity contribution in [3.8, 4) is 17.7 Å². The molecule has 0 amide bonds. The van der Waals surface area contributed by atoms with Crippen LogP contribution in [0, 0.1) is 17.8 Å². The summed E-state index contributed by atoms with van der Waals surface area (Å²) in [6, 6.07) is 1.11. The third-order valence-electron chi connectivity index (χ3n) is 1.08. The number of rotatable bonds is 2. The van der Waals surface area contributed by atoms with Gasteiger partial charge in [-0.05, 0) is 6.92 Å². The summed E-state index contributed by atoms with van der Waals surface area (Å²) in [5, 5.41) is 0. The molecule has 3 nitrogen and oxygen atoms in total. The lowest BCUT2D eigenvalue weighted by molar-refractivity contribution is 0.350. The van der Waals surface area contributed by atoms with E-state index < -0.39 is 5.95 Å². The van der Waals surface area contributed by atoms with Gasteiger partial charge >= 0.3 is 0 Å². The summed E-state index contributed by atoms with van der Waals surface area (Å²) < 4.78 is 17.4. The first-order chi connectivity index (χ1) is 6.83. The Kier molecular flexibility index (Phi) is 7.06. The maximum Gasteiger partial charge on any atom is 0.220 e. The molecule has 0 bridgehead atoms. The van der Waals surface area contributed by atoms with E-state index in [1.165, 1.54) is 0 Å². The smallest absolute Gasteiger partial charge is 0.220 e. The molecule has 0 radical (unpaired) electrons. The quantitative estimate of drug-likeness (QED) is 0.536. The largest absolute Gasteiger partial charge is 0.464 e. The molecular formula is C10H13FN2O. The topological polar surface area (TPSA) is 35.0 Å². The monoisotopic (exact) mass is 196 g/mol. The molecule has 76 valence electrons. The van der Waals surface area contributed by atoms with E-state index in [0.29, 0.717) is 0 Å². The van der Waals surface area contributed by atoms with E-state index in [-0.39, 0.29) is 12.5 Å². The van der Waals surface area contributed by atoms with E-state index in [9.17, 15) is 4.39 Å². The van der Waals surface area contributed by atoms with Crippen molar-refractivity contribution in [3.63, 3.8) is 0 Å².